The van der Waals surface area contributed by atoms with Crippen molar-refractivity contribution in [1.82, 2.24) is 20.4 Å². The van der Waals surface area contributed by atoms with Crippen LogP contribution in [0.5, 0.6) is 0 Å². The standard InChI is InChI=1S/C25H28N4O2S/c1-16-11-12-20(15-17(16)2)22-21(18(3)29(25(32)26-22)13-8-14-30-4)24-27-23(28-31-24)19-9-6-5-7-10-19/h5-7,9-12,15,22H,8,13-14H2,1-4H3,(H,26,32). The van der Waals surface area contributed by atoms with E-state index >= 15 is 0 Å². The second-order valence-electron chi connectivity index (χ2n) is 8.01. The topological polar surface area (TPSA) is 63.4 Å². The van der Waals surface area contributed by atoms with Gasteiger partial charge in [0, 0.05) is 31.5 Å². The Morgan fingerprint density at radius 1 is 1.09 bits per heavy atom. The fraction of sp³-hybridized carbons (Fsp3) is 0.320. The molecule has 4 rings (SSSR count). The number of thiocarbonyl (C=S) groups is 1. The van der Waals surface area contributed by atoms with Crippen molar-refractivity contribution in [3.05, 3.63) is 76.8 Å². The van der Waals surface area contributed by atoms with Crippen molar-refractivity contribution in [2.75, 3.05) is 20.3 Å². The first kappa shape index (κ1) is 22.2. The highest BCUT2D eigenvalue weighted by Gasteiger charge is 2.34. The molecule has 1 aliphatic rings. The SMILES string of the molecule is COCCCN1C(=S)NC(c2ccc(C)c(C)c2)C(c2nc(-c3ccccc3)no2)=C1C. The molecule has 2 aromatic carbocycles. The average molecular weight is 449 g/mol. The second-order valence-corrected chi connectivity index (χ2v) is 8.40. The summed E-state index contributed by atoms with van der Waals surface area (Å²) < 4.78 is 11.0. The third-order valence-corrected chi connectivity index (χ3v) is 6.22. The van der Waals surface area contributed by atoms with Gasteiger partial charge in [0.15, 0.2) is 5.11 Å². The van der Waals surface area contributed by atoms with E-state index in [1.54, 1.807) is 7.11 Å². The highest BCUT2D eigenvalue weighted by atomic mass is 32.1. The Labute approximate surface area is 194 Å². The number of aromatic nitrogens is 2. The molecule has 0 aliphatic carbocycles. The lowest BCUT2D eigenvalue weighted by atomic mass is 9.92. The van der Waals surface area contributed by atoms with Gasteiger partial charge in [-0.15, -0.1) is 0 Å². The van der Waals surface area contributed by atoms with Crippen molar-refractivity contribution in [3.8, 4) is 11.4 Å². The zero-order valence-corrected chi connectivity index (χ0v) is 19.7. The Balaban J connectivity index is 1.79. The van der Waals surface area contributed by atoms with E-state index in [-0.39, 0.29) is 6.04 Å². The van der Waals surface area contributed by atoms with E-state index in [2.05, 4.69) is 54.3 Å². The summed E-state index contributed by atoms with van der Waals surface area (Å²) in [6, 6.07) is 16.1. The lowest BCUT2D eigenvalue weighted by Gasteiger charge is -2.37. The number of allylic oxidation sites excluding steroid dienone is 1. The van der Waals surface area contributed by atoms with E-state index in [1.165, 1.54) is 11.1 Å². The minimum absolute atomic E-state index is 0.176. The van der Waals surface area contributed by atoms with Crippen molar-refractivity contribution >= 4 is 22.9 Å². The molecule has 0 radical (unpaired) electrons. The molecule has 7 heteroatoms. The number of methoxy groups -OCH3 is 1. The third-order valence-electron chi connectivity index (χ3n) is 5.88. The maximum Gasteiger partial charge on any atom is 0.258 e. The van der Waals surface area contributed by atoms with Crippen LogP contribution in [0.3, 0.4) is 0 Å². The molecule has 0 amide bonds. The molecule has 1 aromatic heterocycles. The molecule has 1 atom stereocenters. The van der Waals surface area contributed by atoms with Crippen molar-refractivity contribution in [3.63, 3.8) is 0 Å². The number of aryl methyl sites for hydroxylation is 2. The predicted molar refractivity (Wildman–Crippen MR) is 130 cm³/mol. The normalized spacial score (nSPS) is 16.4. The molecule has 0 fully saturated rings. The lowest BCUT2D eigenvalue weighted by Crippen LogP contribution is -2.46. The molecule has 1 N–H and O–H groups in total. The monoisotopic (exact) mass is 448 g/mol. The van der Waals surface area contributed by atoms with Gasteiger partial charge in [-0.2, -0.15) is 4.98 Å². The van der Waals surface area contributed by atoms with Crippen LogP contribution in [0.4, 0.5) is 0 Å². The molecular formula is C25H28N4O2S. The van der Waals surface area contributed by atoms with Crippen molar-refractivity contribution in [2.24, 2.45) is 0 Å². The number of nitrogens with zero attached hydrogens (tertiary/aromatic N) is 3. The van der Waals surface area contributed by atoms with Crippen molar-refractivity contribution < 1.29 is 9.26 Å². The van der Waals surface area contributed by atoms with Crippen LogP contribution in [0.15, 0.2) is 58.8 Å². The Hall–Kier alpha value is -3.03. The van der Waals surface area contributed by atoms with E-state index in [9.17, 15) is 0 Å². The van der Waals surface area contributed by atoms with E-state index in [1.807, 2.05) is 30.3 Å². The second kappa shape index (κ2) is 9.63. The summed E-state index contributed by atoms with van der Waals surface area (Å²) in [7, 11) is 1.71. The van der Waals surface area contributed by atoms with Crippen molar-refractivity contribution in [1.29, 1.82) is 0 Å². The molecule has 0 bridgehead atoms. The van der Waals surface area contributed by atoms with Crippen LogP contribution in [-0.2, 0) is 4.74 Å². The summed E-state index contributed by atoms with van der Waals surface area (Å²) in [5.41, 5.74) is 6.45. The summed E-state index contributed by atoms with van der Waals surface area (Å²) in [6.07, 6.45) is 0.857. The number of benzene rings is 2. The zero-order chi connectivity index (χ0) is 22.7. The zero-order valence-electron chi connectivity index (χ0n) is 18.9. The first-order chi connectivity index (χ1) is 15.5. The van der Waals surface area contributed by atoms with Gasteiger partial charge in [-0.1, -0.05) is 53.7 Å². The van der Waals surface area contributed by atoms with Gasteiger partial charge in [0.25, 0.3) is 5.89 Å². The number of nitrogens with one attached hydrogen (secondary N) is 1. The molecule has 32 heavy (non-hydrogen) atoms. The van der Waals surface area contributed by atoms with Gasteiger partial charge in [-0.3, -0.25) is 0 Å². The smallest absolute Gasteiger partial charge is 0.258 e. The molecular weight excluding hydrogens is 420 g/mol. The summed E-state index contributed by atoms with van der Waals surface area (Å²) in [5, 5.41) is 8.46. The van der Waals surface area contributed by atoms with E-state index in [0.29, 0.717) is 23.4 Å². The highest BCUT2D eigenvalue weighted by Crippen LogP contribution is 2.38. The quantitative estimate of drug-likeness (QED) is 0.401. The largest absolute Gasteiger partial charge is 0.385 e. The van der Waals surface area contributed by atoms with Gasteiger partial charge >= 0.3 is 0 Å². The number of rotatable bonds is 7. The molecule has 0 saturated heterocycles. The molecule has 0 spiro atoms. The van der Waals surface area contributed by atoms with Crippen LogP contribution < -0.4 is 5.32 Å². The van der Waals surface area contributed by atoms with Crippen LogP contribution in [0, 0.1) is 13.8 Å². The van der Waals surface area contributed by atoms with Crippen LogP contribution in [-0.4, -0.2) is 40.4 Å². The van der Waals surface area contributed by atoms with Crippen LogP contribution >= 0.6 is 12.2 Å². The Morgan fingerprint density at radius 3 is 2.59 bits per heavy atom. The molecule has 2 heterocycles. The third kappa shape index (κ3) is 4.45. The summed E-state index contributed by atoms with van der Waals surface area (Å²) in [5.74, 6) is 1.06. The predicted octanol–water partition coefficient (Wildman–Crippen LogP) is 5.05. The molecule has 6 nitrogen and oxygen atoms in total. The maximum absolute atomic E-state index is 5.79. The summed E-state index contributed by atoms with van der Waals surface area (Å²) in [4.78, 5) is 6.85. The van der Waals surface area contributed by atoms with Crippen molar-refractivity contribution in [2.45, 2.75) is 33.2 Å². The minimum atomic E-state index is -0.176. The first-order valence-electron chi connectivity index (χ1n) is 10.7. The lowest BCUT2D eigenvalue weighted by molar-refractivity contribution is 0.188. The number of hydrogen-bond acceptors (Lipinski definition) is 5. The van der Waals surface area contributed by atoms with Gasteiger partial charge in [0.1, 0.15) is 0 Å². The fourth-order valence-electron chi connectivity index (χ4n) is 3.93. The van der Waals surface area contributed by atoms with E-state index in [0.717, 1.165) is 35.4 Å². The van der Waals surface area contributed by atoms with Crippen LogP contribution in [0.1, 0.15) is 42.0 Å². The van der Waals surface area contributed by atoms with Gasteiger partial charge < -0.3 is 19.5 Å². The Kier molecular flexibility index (Phi) is 6.67. The van der Waals surface area contributed by atoms with E-state index in [4.69, 9.17) is 26.5 Å². The molecule has 0 saturated carbocycles. The number of hydrogen-bond donors (Lipinski definition) is 1. The molecule has 3 aromatic rings. The molecule has 1 aliphatic heterocycles. The highest BCUT2D eigenvalue weighted by molar-refractivity contribution is 7.80. The summed E-state index contributed by atoms with van der Waals surface area (Å²) in [6.45, 7) is 7.71. The van der Waals surface area contributed by atoms with Crippen LogP contribution in [0.2, 0.25) is 0 Å². The van der Waals surface area contributed by atoms with Gasteiger partial charge in [-0.05, 0) is 56.1 Å². The van der Waals surface area contributed by atoms with Gasteiger partial charge in [-0.25, -0.2) is 0 Å². The van der Waals surface area contributed by atoms with Gasteiger partial charge in [0.05, 0.1) is 11.6 Å². The fourth-order valence-corrected chi connectivity index (χ4v) is 4.27. The average Bonchev–Trinajstić information content (AvgIpc) is 3.28. The van der Waals surface area contributed by atoms with Gasteiger partial charge in [0.2, 0.25) is 5.82 Å². The van der Waals surface area contributed by atoms with Crippen LogP contribution in [0.25, 0.3) is 17.0 Å². The molecule has 1 unspecified atom stereocenters. The Morgan fingerprint density at radius 2 is 1.88 bits per heavy atom. The molecule has 166 valence electrons. The minimum Gasteiger partial charge on any atom is -0.385 e. The van der Waals surface area contributed by atoms with E-state index < -0.39 is 0 Å². The number of ether oxygens (including phenoxy) is 1. The first-order valence-corrected chi connectivity index (χ1v) is 11.1. The maximum atomic E-state index is 5.79. The summed E-state index contributed by atoms with van der Waals surface area (Å²) >= 11 is 5.75. The Bertz CT molecular complexity index is 1140.